The van der Waals surface area contributed by atoms with Gasteiger partial charge in [0.2, 0.25) is 0 Å². The number of hydrogen-bond acceptors (Lipinski definition) is 2. The van der Waals surface area contributed by atoms with E-state index in [9.17, 15) is 4.79 Å². The molecule has 1 unspecified atom stereocenters. The monoisotopic (exact) mass is 245 g/mol. The first-order chi connectivity index (χ1) is 8.84. The number of anilines is 1. The molecular weight excluding hydrogens is 226 g/mol. The molecule has 1 N–H and O–H groups in total. The SMILES string of the molecule is O=C(Nc1ccccc1)OC1C/C=C\CCCC1. The summed E-state index contributed by atoms with van der Waals surface area (Å²) < 4.78 is 5.43. The molecule has 1 aromatic carbocycles. The summed E-state index contributed by atoms with van der Waals surface area (Å²) in [5, 5.41) is 2.74. The van der Waals surface area contributed by atoms with Crippen molar-refractivity contribution in [3.05, 3.63) is 42.5 Å². The van der Waals surface area contributed by atoms with Gasteiger partial charge in [0.1, 0.15) is 6.10 Å². The number of ether oxygens (including phenoxy) is 1. The Bertz CT molecular complexity index is 400. The van der Waals surface area contributed by atoms with Gasteiger partial charge in [0.15, 0.2) is 0 Å². The quantitative estimate of drug-likeness (QED) is 0.796. The van der Waals surface area contributed by atoms with Crippen LogP contribution in [0.15, 0.2) is 42.5 Å². The van der Waals surface area contributed by atoms with Crippen LogP contribution in [0.2, 0.25) is 0 Å². The Labute approximate surface area is 108 Å². The van der Waals surface area contributed by atoms with Crippen LogP contribution in [-0.2, 0) is 4.74 Å². The standard InChI is InChI=1S/C15H19NO2/c17-15(16-13-9-5-4-6-10-13)18-14-11-7-2-1-3-8-12-14/h2,4-7,9-10,14H,1,3,8,11-12H2,(H,16,17)/b7-2-. The summed E-state index contributed by atoms with van der Waals surface area (Å²) >= 11 is 0. The zero-order valence-electron chi connectivity index (χ0n) is 10.5. The topological polar surface area (TPSA) is 38.3 Å². The van der Waals surface area contributed by atoms with Gasteiger partial charge in [-0.1, -0.05) is 30.4 Å². The van der Waals surface area contributed by atoms with Crippen LogP contribution < -0.4 is 5.32 Å². The summed E-state index contributed by atoms with van der Waals surface area (Å²) in [6.07, 6.45) is 9.14. The molecule has 0 aromatic heterocycles. The van der Waals surface area contributed by atoms with E-state index in [-0.39, 0.29) is 12.2 Å². The van der Waals surface area contributed by atoms with Crippen molar-refractivity contribution >= 4 is 11.8 Å². The fourth-order valence-electron chi connectivity index (χ4n) is 2.05. The summed E-state index contributed by atoms with van der Waals surface area (Å²) in [6, 6.07) is 9.37. The first-order valence-corrected chi connectivity index (χ1v) is 6.52. The first-order valence-electron chi connectivity index (χ1n) is 6.52. The number of benzene rings is 1. The van der Waals surface area contributed by atoms with Gasteiger partial charge >= 0.3 is 6.09 Å². The minimum absolute atomic E-state index is 0.00487. The highest BCUT2D eigenvalue weighted by molar-refractivity contribution is 5.84. The third-order valence-electron chi connectivity index (χ3n) is 3.01. The molecule has 0 saturated carbocycles. The van der Waals surface area contributed by atoms with E-state index < -0.39 is 0 Å². The van der Waals surface area contributed by atoms with Crippen LogP contribution in [0.3, 0.4) is 0 Å². The molecule has 18 heavy (non-hydrogen) atoms. The molecule has 96 valence electrons. The Morgan fingerprint density at radius 1 is 1.17 bits per heavy atom. The maximum absolute atomic E-state index is 11.7. The fraction of sp³-hybridized carbons (Fsp3) is 0.400. The summed E-state index contributed by atoms with van der Waals surface area (Å²) in [7, 11) is 0. The zero-order chi connectivity index (χ0) is 12.6. The molecule has 3 nitrogen and oxygen atoms in total. The van der Waals surface area contributed by atoms with E-state index in [0.29, 0.717) is 0 Å². The lowest BCUT2D eigenvalue weighted by Gasteiger charge is -2.18. The number of hydrogen-bond donors (Lipinski definition) is 1. The molecule has 0 radical (unpaired) electrons. The molecule has 0 fully saturated rings. The van der Waals surface area contributed by atoms with Crippen molar-refractivity contribution in [2.24, 2.45) is 0 Å². The van der Waals surface area contributed by atoms with Crippen molar-refractivity contribution in [2.75, 3.05) is 5.32 Å². The van der Waals surface area contributed by atoms with Gasteiger partial charge in [-0.3, -0.25) is 5.32 Å². The Balaban J connectivity index is 1.83. The lowest BCUT2D eigenvalue weighted by molar-refractivity contribution is 0.104. The highest BCUT2D eigenvalue weighted by Gasteiger charge is 2.13. The van der Waals surface area contributed by atoms with Crippen molar-refractivity contribution in [3.8, 4) is 0 Å². The van der Waals surface area contributed by atoms with Crippen LogP contribution in [0.1, 0.15) is 32.1 Å². The van der Waals surface area contributed by atoms with E-state index in [1.807, 2.05) is 30.3 Å². The molecule has 1 aliphatic rings. The van der Waals surface area contributed by atoms with Crippen molar-refractivity contribution < 1.29 is 9.53 Å². The average molecular weight is 245 g/mol. The molecule has 0 aliphatic heterocycles. The predicted molar refractivity (Wildman–Crippen MR) is 72.6 cm³/mol. The van der Waals surface area contributed by atoms with Crippen LogP contribution in [0.25, 0.3) is 0 Å². The number of rotatable bonds is 2. The third kappa shape index (κ3) is 4.24. The summed E-state index contributed by atoms with van der Waals surface area (Å²) in [4.78, 5) is 11.7. The van der Waals surface area contributed by atoms with E-state index in [1.54, 1.807) is 0 Å². The molecule has 0 heterocycles. The van der Waals surface area contributed by atoms with Gasteiger partial charge in [0, 0.05) is 12.1 Å². The van der Waals surface area contributed by atoms with Crippen molar-refractivity contribution in [2.45, 2.75) is 38.2 Å². The molecule has 0 spiro atoms. The zero-order valence-corrected chi connectivity index (χ0v) is 10.5. The minimum atomic E-state index is -0.361. The van der Waals surface area contributed by atoms with Crippen molar-refractivity contribution in [1.82, 2.24) is 0 Å². The molecule has 1 aromatic rings. The maximum Gasteiger partial charge on any atom is 0.411 e. The van der Waals surface area contributed by atoms with E-state index in [4.69, 9.17) is 4.74 Å². The number of nitrogens with one attached hydrogen (secondary N) is 1. The van der Waals surface area contributed by atoms with E-state index in [1.165, 1.54) is 6.42 Å². The largest absolute Gasteiger partial charge is 0.446 e. The third-order valence-corrected chi connectivity index (χ3v) is 3.01. The first kappa shape index (κ1) is 12.7. The minimum Gasteiger partial charge on any atom is -0.446 e. The van der Waals surface area contributed by atoms with E-state index >= 15 is 0 Å². The Morgan fingerprint density at radius 3 is 2.83 bits per heavy atom. The highest BCUT2D eigenvalue weighted by atomic mass is 16.6. The van der Waals surface area contributed by atoms with Crippen LogP contribution in [0.4, 0.5) is 10.5 Å². The van der Waals surface area contributed by atoms with Crippen LogP contribution in [0.5, 0.6) is 0 Å². The van der Waals surface area contributed by atoms with Gasteiger partial charge in [-0.05, 0) is 37.8 Å². The Kier molecular flexibility index (Phi) is 4.82. The summed E-state index contributed by atoms with van der Waals surface area (Å²) in [5.74, 6) is 0. The number of carbonyl (C=O) groups excluding carboxylic acids is 1. The maximum atomic E-state index is 11.7. The Hall–Kier alpha value is -1.77. The van der Waals surface area contributed by atoms with Gasteiger partial charge in [-0.25, -0.2) is 4.79 Å². The summed E-state index contributed by atoms with van der Waals surface area (Å²) in [5.41, 5.74) is 0.767. The summed E-state index contributed by atoms with van der Waals surface area (Å²) in [6.45, 7) is 0. The van der Waals surface area contributed by atoms with E-state index in [2.05, 4.69) is 17.5 Å². The smallest absolute Gasteiger partial charge is 0.411 e. The van der Waals surface area contributed by atoms with Crippen molar-refractivity contribution in [3.63, 3.8) is 0 Å². The second-order valence-corrected chi connectivity index (χ2v) is 4.51. The molecule has 1 atom stereocenters. The number of amides is 1. The molecule has 1 amide bonds. The molecule has 2 rings (SSSR count). The number of carbonyl (C=O) groups is 1. The van der Waals surface area contributed by atoms with Crippen molar-refractivity contribution in [1.29, 1.82) is 0 Å². The molecule has 0 saturated heterocycles. The molecular formula is C15H19NO2. The van der Waals surface area contributed by atoms with Gasteiger partial charge in [0.05, 0.1) is 0 Å². The normalized spacial score (nSPS) is 21.4. The molecule has 1 aliphatic carbocycles. The second-order valence-electron chi connectivity index (χ2n) is 4.51. The van der Waals surface area contributed by atoms with Gasteiger partial charge in [0.25, 0.3) is 0 Å². The second kappa shape index (κ2) is 6.84. The van der Waals surface area contributed by atoms with Crippen LogP contribution in [-0.4, -0.2) is 12.2 Å². The lowest BCUT2D eigenvalue weighted by atomic mass is 10.0. The number of para-hydroxylation sites is 1. The van der Waals surface area contributed by atoms with E-state index in [0.717, 1.165) is 31.4 Å². The predicted octanol–water partition coefficient (Wildman–Crippen LogP) is 4.12. The van der Waals surface area contributed by atoms with Gasteiger partial charge in [-0.15, -0.1) is 0 Å². The fourth-order valence-corrected chi connectivity index (χ4v) is 2.05. The van der Waals surface area contributed by atoms with Gasteiger partial charge < -0.3 is 4.74 Å². The Morgan fingerprint density at radius 2 is 2.00 bits per heavy atom. The van der Waals surface area contributed by atoms with Crippen LogP contribution >= 0.6 is 0 Å². The lowest BCUT2D eigenvalue weighted by Crippen LogP contribution is -2.22. The number of allylic oxidation sites excluding steroid dienone is 1. The highest BCUT2D eigenvalue weighted by Crippen LogP contribution is 2.16. The molecule has 0 bridgehead atoms. The average Bonchev–Trinajstić information content (AvgIpc) is 2.34. The van der Waals surface area contributed by atoms with Crippen LogP contribution in [0, 0.1) is 0 Å². The van der Waals surface area contributed by atoms with Gasteiger partial charge in [-0.2, -0.15) is 0 Å². The molecule has 3 heteroatoms.